The van der Waals surface area contributed by atoms with Crippen LogP contribution in [0.1, 0.15) is 25.7 Å². The maximum absolute atomic E-state index is 12.0. The highest BCUT2D eigenvalue weighted by atomic mass is 79.9. The third-order valence-corrected chi connectivity index (χ3v) is 6.54. The normalized spacial score (nSPS) is 24.6. The molecule has 2 heterocycles. The first-order valence-electron chi connectivity index (χ1n) is 5.71. The minimum absolute atomic E-state index is 0.235. The fourth-order valence-corrected chi connectivity index (χ4v) is 5.53. The number of hydrogen-bond donors (Lipinski definition) is 2. The van der Waals surface area contributed by atoms with Crippen LogP contribution in [0.15, 0.2) is 19.1 Å². The molecule has 8 heteroatoms. The van der Waals surface area contributed by atoms with Gasteiger partial charge in [-0.1, -0.05) is 12.8 Å². The van der Waals surface area contributed by atoms with Crippen molar-refractivity contribution in [1.29, 1.82) is 0 Å². The van der Waals surface area contributed by atoms with Gasteiger partial charge in [0.05, 0.1) is 15.5 Å². The second-order valence-corrected chi connectivity index (χ2v) is 8.71. The molecule has 3 rings (SSSR count). The van der Waals surface area contributed by atoms with E-state index >= 15 is 0 Å². The first-order valence-corrected chi connectivity index (χ1v) is 8.81. The van der Waals surface area contributed by atoms with Crippen molar-refractivity contribution in [3.63, 3.8) is 0 Å². The van der Waals surface area contributed by atoms with Crippen molar-refractivity contribution in [2.24, 2.45) is 4.99 Å². The van der Waals surface area contributed by atoms with Gasteiger partial charge in [0.1, 0.15) is 0 Å². The lowest BCUT2D eigenvalue weighted by Gasteiger charge is -2.19. The summed E-state index contributed by atoms with van der Waals surface area (Å²) < 4.78 is 27.6. The minimum Gasteiger partial charge on any atom is -0.324 e. The molecule has 0 radical (unpaired) electrons. The van der Waals surface area contributed by atoms with Crippen LogP contribution in [0, 0.1) is 0 Å². The van der Waals surface area contributed by atoms with E-state index in [4.69, 9.17) is 0 Å². The highest BCUT2D eigenvalue weighted by molar-refractivity contribution is 9.11. The number of guanidine groups is 1. The molecule has 1 aromatic rings. The van der Waals surface area contributed by atoms with Crippen molar-refractivity contribution in [3.05, 3.63) is 9.85 Å². The van der Waals surface area contributed by atoms with Crippen molar-refractivity contribution < 1.29 is 8.42 Å². The Balaban J connectivity index is 1.94. The summed E-state index contributed by atoms with van der Waals surface area (Å²) >= 11 is 4.49. The lowest BCUT2D eigenvalue weighted by Crippen LogP contribution is -2.40. The van der Waals surface area contributed by atoms with Crippen LogP contribution in [-0.4, -0.2) is 20.4 Å². The smallest absolute Gasteiger partial charge is 0.275 e. The number of anilines is 1. The van der Waals surface area contributed by atoms with Crippen LogP contribution < -0.4 is 10.0 Å². The fourth-order valence-electron chi connectivity index (χ4n) is 2.23. The number of sulfonamides is 1. The Kier molecular flexibility index (Phi) is 3.11. The maximum atomic E-state index is 12.0. The van der Waals surface area contributed by atoms with Crippen molar-refractivity contribution in [1.82, 2.24) is 4.72 Å². The molecule has 0 unspecified atom stereocenters. The Morgan fingerprint density at radius 1 is 1.39 bits per heavy atom. The molecule has 0 saturated heterocycles. The second-order valence-electron chi connectivity index (χ2n) is 4.40. The molecule has 0 atom stereocenters. The standard InChI is InChI=1S/C10H12BrN3O2S2/c11-8-5-7-9(17-8)18(15,16)14-10(13-7)12-6-3-1-2-4-6/h5-6H,1-4H2,(H2,12,13,14). The van der Waals surface area contributed by atoms with E-state index in [-0.39, 0.29) is 6.04 Å². The van der Waals surface area contributed by atoms with Crippen molar-refractivity contribution in [2.45, 2.75) is 35.9 Å². The molecule has 1 saturated carbocycles. The highest BCUT2D eigenvalue weighted by Crippen LogP contribution is 2.36. The molecule has 98 valence electrons. The predicted molar refractivity (Wildman–Crippen MR) is 75.7 cm³/mol. The van der Waals surface area contributed by atoms with E-state index in [0.29, 0.717) is 15.9 Å². The number of rotatable bonds is 1. The van der Waals surface area contributed by atoms with E-state index < -0.39 is 10.0 Å². The van der Waals surface area contributed by atoms with E-state index in [2.05, 4.69) is 31.0 Å². The van der Waals surface area contributed by atoms with Crippen LogP contribution in [0.3, 0.4) is 0 Å². The van der Waals surface area contributed by atoms with Gasteiger partial charge in [0.2, 0.25) is 5.96 Å². The summed E-state index contributed by atoms with van der Waals surface area (Å²) in [5.74, 6) is 0.347. The molecular weight excluding hydrogens is 338 g/mol. The monoisotopic (exact) mass is 349 g/mol. The summed E-state index contributed by atoms with van der Waals surface area (Å²) in [4.78, 5) is 4.44. The summed E-state index contributed by atoms with van der Waals surface area (Å²) in [5, 5.41) is 3.04. The predicted octanol–water partition coefficient (Wildman–Crippen LogP) is 2.51. The zero-order valence-electron chi connectivity index (χ0n) is 9.44. The molecule has 1 fully saturated rings. The van der Waals surface area contributed by atoms with Gasteiger partial charge in [-0.25, -0.2) is 18.1 Å². The van der Waals surface area contributed by atoms with E-state index in [0.717, 1.165) is 16.6 Å². The van der Waals surface area contributed by atoms with Crippen LogP contribution in [-0.2, 0) is 10.0 Å². The molecule has 5 nitrogen and oxygen atoms in total. The van der Waals surface area contributed by atoms with Gasteiger partial charge >= 0.3 is 0 Å². The molecule has 2 aliphatic rings. The number of nitrogens with one attached hydrogen (secondary N) is 2. The molecule has 1 aliphatic carbocycles. The topological polar surface area (TPSA) is 70.6 Å². The van der Waals surface area contributed by atoms with Crippen LogP contribution in [0.25, 0.3) is 0 Å². The van der Waals surface area contributed by atoms with E-state index in [1.165, 1.54) is 24.2 Å². The molecule has 0 bridgehead atoms. The molecule has 2 N–H and O–H groups in total. The number of nitrogens with zero attached hydrogens (tertiary/aromatic N) is 1. The van der Waals surface area contributed by atoms with Crippen LogP contribution in [0.5, 0.6) is 0 Å². The first-order chi connectivity index (χ1) is 8.54. The van der Waals surface area contributed by atoms with E-state index in [9.17, 15) is 8.42 Å². The average molecular weight is 350 g/mol. The Morgan fingerprint density at radius 3 is 2.83 bits per heavy atom. The summed E-state index contributed by atoms with van der Waals surface area (Å²) in [5.41, 5.74) is 0.599. The number of halogens is 1. The quantitative estimate of drug-likeness (QED) is 0.818. The molecule has 0 spiro atoms. The zero-order valence-corrected chi connectivity index (χ0v) is 12.7. The molecular formula is C10H12BrN3O2S2. The lowest BCUT2D eigenvalue weighted by atomic mass is 10.3. The van der Waals surface area contributed by atoms with Crippen LogP contribution in [0.2, 0.25) is 0 Å². The van der Waals surface area contributed by atoms with Crippen LogP contribution in [0.4, 0.5) is 5.69 Å². The SMILES string of the molecule is O=S1(=O)NC(=NC2CCCC2)Nc2cc(Br)sc21. The lowest BCUT2D eigenvalue weighted by molar-refractivity contribution is 0.593. The third-order valence-electron chi connectivity index (χ3n) is 3.03. The van der Waals surface area contributed by atoms with Gasteiger partial charge in [0, 0.05) is 0 Å². The van der Waals surface area contributed by atoms with Gasteiger partial charge in [-0.2, -0.15) is 0 Å². The van der Waals surface area contributed by atoms with Gasteiger partial charge in [-0.15, -0.1) is 11.3 Å². The summed E-state index contributed by atoms with van der Waals surface area (Å²) in [6.07, 6.45) is 4.41. The van der Waals surface area contributed by atoms with Gasteiger partial charge < -0.3 is 5.32 Å². The van der Waals surface area contributed by atoms with Crippen LogP contribution >= 0.6 is 27.3 Å². The zero-order chi connectivity index (χ0) is 12.8. The number of aliphatic imine (C=N–C) groups is 1. The molecule has 0 amide bonds. The van der Waals surface area contributed by atoms with E-state index in [1.807, 2.05) is 0 Å². The van der Waals surface area contributed by atoms with Crippen molar-refractivity contribution in [3.8, 4) is 0 Å². The minimum atomic E-state index is -3.47. The largest absolute Gasteiger partial charge is 0.324 e. The number of fused-ring (bicyclic) bond motifs is 1. The molecule has 0 aromatic carbocycles. The Labute approximate surface area is 118 Å². The van der Waals surface area contributed by atoms with Gasteiger partial charge in [-0.05, 0) is 34.8 Å². The first kappa shape index (κ1) is 12.4. The molecule has 18 heavy (non-hydrogen) atoms. The van der Waals surface area contributed by atoms with Crippen molar-refractivity contribution >= 4 is 48.9 Å². The number of thiophene rings is 1. The molecule has 1 aliphatic heterocycles. The average Bonchev–Trinajstić information content (AvgIpc) is 2.86. The Hall–Kier alpha value is -0.600. The second kappa shape index (κ2) is 4.50. The van der Waals surface area contributed by atoms with Crippen molar-refractivity contribution in [2.75, 3.05) is 5.32 Å². The van der Waals surface area contributed by atoms with Gasteiger partial charge in [-0.3, -0.25) is 0 Å². The van der Waals surface area contributed by atoms with Gasteiger partial charge in [0.15, 0.2) is 4.21 Å². The van der Waals surface area contributed by atoms with E-state index in [1.54, 1.807) is 6.07 Å². The maximum Gasteiger partial charge on any atom is 0.275 e. The fraction of sp³-hybridized carbons (Fsp3) is 0.500. The third kappa shape index (κ3) is 2.28. The summed E-state index contributed by atoms with van der Waals surface area (Å²) in [6.45, 7) is 0. The Bertz CT molecular complexity index is 603. The highest BCUT2D eigenvalue weighted by Gasteiger charge is 2.30. The summed E-state index contributed by atoms with van der Waals surface area (Å²) in [7, 11) is -3.47. The summed E-state index contributed by atoms with van der Waals surface area (Å²) in [6, 6.07) is 2.00. The van der Waals surface area contributed by atoms with Gasteiger partial charge in [0.25, 0.3) is 10.0 Å². The Morgan fingerprint density at radius 2 is 2.11 bits per heavy atom. The molecule has 1 aromatic heterocycles. The number of hydrogen-bond acceptors (Lipinski definition) is 4.